The standard InChI is InChI=1S/C21H31N2O5.Zn/c1-6-10-17(19(25)28-21(3,4)5)23-18(24)15(2)13-22-20(26)27-14-16-11-8-7-9-12-16;/h7-9,11-12,15,17H,1,6,10,13-14H2,2-5H3,(H2,22,23,24,26);/q-1;+2/p-1/t15-,17-;/m0./s1. The van der Waals surface area contributed by atoms with Gasteiger partial charge in [0.25, 0.3) is 5.97 Å². The second kappa shape index (κ2) is 13.3. The van der Waals surface area contributed by atoms with Crippen molar-refractivity contribution in [1.29, 1.82) is 0 Å². The van der Waals surface area contributed by atoms with Gasteiger partial charge in [0, 0.05) is 12.5 Å². The molecule has 0 aliphatic heterocycles. The van der Waals surface area contributed by atoms with E-state index >= 15 is 0 Å². The van der Waals surface area contributed by atoms with E-state index in [2.05, 4.69) is 17.6 Å². The number of nitrogens with one attached hydrogen (secondary N) is 1. The molecule has 0 aliphatic rings. The van der Waals surface area contributed by atoms with Crippen molar-refractivity contribution in [3.63, 3.8) is 0 Å². The summed E-state index contributed by atoms with van der Waals surface area (Å²) in [4.78, 5) is 36.3. The van der Waals surface area contributed by atoms with Crippen molar-refractivity contribution in [2.45, 2.75) is 58.8 Å². The Morgan fingerprint density at radius 2 is 1.79 bits per heavy atom. The smallest absolute Gasteiger partial charge is 0.642 e. The Morgan fingerprint density at radius 3 is 2.34 bits per heavy atom. The second-order valence-corrected chi connectivity index (χ2v) is 7.50. The Hall–Kier alpha value is -1.95. The minimum atomic E-state index is -0.892. The van der Waals surface area contributed by atoms with Crippen molar-refractivity contribution in [3.05, 3.63) is 48.1 Å². The molecule has 29 heavy (non-hydrogen) atoms. The molecule has 7 nitrogen and oxygen atoms in total. The minimum Gasteiger partial charge on any atom is -0.642 e. The molecule has 0 bridgehead atoms. The van der Waals surface area contributed by atoms with E-state index in [4.69, 9.17) is 9.47 Å². The maximum atomic E-state index is 12.3. The fourth-order valence-electron chi connectivity index (χ4n) is 2.18. The Kier molecular flexibility index (Phi) is 12.4. The third-order valence-corrected chi connectivity index (χ3v) is 3.63. The summed E-state index contributed by atoms with van der Waals surface area (Å²) in [7, 11) is 0. The van der Waals surface area contributed by atoms with Crippen LogP contribution >= 0.6 is 0 Å². The summed E-state index contributed by atoms with van der Waals surface area (Å²) in [6.45, 7) is 10.8. The van der Waals surface area contributed by atoms with Gasteiger partial charge < -0.3 is 31.8 Å². The van der Waals surface area contributed by atoms with E-state index in [1.807, 2.05) is 30.3 Å². The van der Waals surface area contributed by atoms with Gasteiger partial charge in [-0.2, -0.15) is 6.42 Å². The molecule has 0 unspecified atom stereocenters. The molecule has 1 aromatic rings. The number of rotatable bonds is 9. The van der Waals surface area contributed by atoms with Gasteiger partial charge in [-0.25, -0.2) is 4.79 Å². The van der Waals surface area contributed by atoms with Crippen LogP contribution in [0.25, 0.3) is 5.32 Å². The van der Waals surface area contributed by atoms with Gasteiger partial charge in [0.05, 0.1) is 5.91 Å². The molecule has 0 spiro atoms. The molecule has 0 aromatic heterocycles. The van der Waals surface area contributed by atoms with E-state index in [1.54, 1.807) is 27.7 Å². The molecule has 2 atom stereocenters. The van der Waals surface area contributed by atoms with Crippen LogP contribution in [0, 0.1) is 12.8 Å². The molecule has 0 saturated carbocycles. The number of benzene rings is 1. The number of ether oxygens (including phenoxy) is 2. The summed E-state index contributed by atoms with van der Waals surface area (Å²) < 4.78 is 10.4. The van der Waals surface area contributed by atoms with Crippen molar-refractivity contribution in [2.75, 3.05) is 6.54 Å². The summed E-state index contributed by atoms with van der Waals surface area (Å²) in [5.74, 6) is -1.63. The third kappa shape index (κ3) is 11.6. The van der Waals surface area contributed by atoms with Crippen LogP contribution in [0.4, 0.5) is 4.79 Å². The van der Waals surface area contributed by atoms with Crippen LogP contribution in [0.2, 0.25) is 0 Å². The van der Waals surface area contributed by atoms with Gasteiger partial charge in [-0.15, -0.1) is 0 Å². The first-order valence-electron chi connectivity index (χ1n) is 9.33. The predicted molar refractivity (Wildman–Crippen MR) is 106 cm³/mol. The molecule has 0 saturated heterocycles. The van der Waals surface area contributed by atoms with Crippen LogP contribution in [-0.2, 0) is 45.1 Å². The molecule has 1 N–H and O–H groups in total. The van der Waals surface area contributed by atoms with Gasteiger partial charge in [-0.3, -0.25) is 4.79 Å². The van der Waals surface area contributed by atoms with E-state index in [0.29, 0.717) is 12.8 Å². The zero-order chi connectivity index (χ0) is 21.2. The number of carbonyl (C=O) groups excluding carboxylic acids is 3. The summed E-state index contributed by atoms with van der Waals surface area (Å²) in [6, 6.07) is 8.38. The first kappa shape index (κ1) is 27.1. The van der Waals surface area contributed by atoms with Crippen LogP contribution in [0.15, 0.2) is 30.3 Å². The Morgan fingerprint density at radius 1 is 1.17 bits per heavy atom. The van der Waals surface area contributed by atoms with Crippen LogP contribution < -0.4 is 5.32 Å². The number of alkyl carbamates (subject to hydrolysis) is 1. The Bertz CT molecular complexity index is 646. The molecule has 1 aromatic carbocycles. The number of nitrogens with zero attached hydrogens (tertiary/aromatic N) is 1. The fraction of sp³-hybridized carbons (Fsp3) is 0.524. The van der Waals surface area contributed by atoms with Gasteiger partial charge >= 0.3 is 25.6 Å². The third-order valence-electron chi connectivity index (χ3n) is 3.63. The quantitative estimate of drug-likeness (QED) is 0.347. The molecule has 0 radical (unpaired) electrons. The van der Waals surface area contributed by atoms with Gasteiger partial charge in [0.1, 0.15) is 12.2 Å². The molecular formula is C21H30N2O5Zn. The van der Waals surface area contributed by atoms with E-state index in [0.717, 1.165) is 5.56 Å². The zero-order valence-corrected chi connectivity index (χ0v) is 20.7. The van der Waals surface area contributed by atoms with E-state index in [9.17, 15) is 14.4 Å². The van der Waals surface area contributed by atoms with Crippen molar-refractivity contribution in [1.82, 2.24) is 5.32 Å². The molecule has 1 rings (SSSR count). The largest absolute Gasteiger partial charge is 2.00 e. The molecular weight excluding hydrogens is 426 g/mol. The molecule has 0 heterocycles. The monoisotopic (exact) mass is 454 g/mol. The van der Waals surface area contributed by atoms with Crippen LogP contribution in [0.1, 0.15) is 46.1 Å². The average Bonchev–Trinajstić information content (AvgIpc) is 2.63. The van der Waals surface area contributed by atoms with Gasteiger partial charge in [0.2, 0.25) is 0 Å². The Balaban J connectivity index is 0.00000784. The summed E-state index contributed by atoms with van der Waals surface area (Å²) in [6.07, 6.45) is 0.143. The zero-order valence-electron chi connectivity index (χ0n) is 17.8. The van der Waals surface area contributed by atoms with E-state index in [-0.39, 0.29) is 32.6 Å². The number of hydrogen-bond donors (Lipinski definition) is 1. The van der Waals surface area contributed by atoms with Gasteiger partial charge in [0.15, 0.2) is 0 Å². The van der Waals surface area contributed by atoms with Crippen LogP contribution in [0.3, 0.4) is 0 Å². The van der Waals surface area contributed by atoms with Gasteiger partial charge in [-0.1, -0.05) is 43.7 Å². The van der Waals surface area contributed by atoms with Crippen molar-refractivity contribution in [2.24, 2.45) is 5.92 Å². The topological polar surface area (TPSA) is 95.8 Å². The number of carbonyl (C=O) groups is 3. The summed E-state index contributed by atoms with van der Waals surface area (Å²) in [5.41, 5.74) is 0.204. The first-order valence-corrected chi connectivity index (χ1v) is 9.33. The molecule has 156 valence electrons. The molecule has 0 aliphatic carbocycles. The summed E-state index contributed by atoms with van der Waals surface area (Å²) >= 11 is 0. The van der Waals surface area contributed by atoms with Crippen molar-refractivity contribution < 1.29 is 43.3 Å². The maximum absolute atomic E-state index is 12.3. The Labute approximate surface area is 186 Å². The average molecular weight is 456 g/mol. The van der Waals surface area contributed by atoms with Crippen molar-refractivity contribution >= 4 is 18.0 Å². The minimum absolute atomic E-state index is 0. The van der Waals surface area contributed by atoms with E-state index < -0.39 is 35.5 Å². The number of amides is 2. The van der Waals surface area contributed by atoms with Crippen molar-refractivity contribution in [3.8, 4) is 0 Å². The van der Waals surface area contributed by atoms with Gasteiger partial charge in [-0.05, 0) is 32.4 Å². The van der Waals surface area contributed by atoms with E-state index in [1.165, 1.54) is 0 Å². The maximum Gasteiger partial charge on any atom is 2.00 e. The summed E-state index contributed by atoms with van der Waals surface area (Å²) in [5, 5.41) is 6.51. The normalized spacial score (nSPS) is 12.7. The first-order chi connectivity index (χ1) is 13.1. The van der Waals surface area contributed by atoms with Crippen LogP contribution in [-0.4, -0.2) is 36.2 Å². The predicted octanol–water partition coefficient (Wildman–Crippen LogP) is 3.77. The SMILES string of the molecule is [CH2-]CC[C@H]([N-]C(=O)[C@@H](C)CNC(=O)OCc1ccccc1)C(=O)OC(C)(C)C.[Zn+2]. The fourth-order valence-corrected chi connectivity index (χ4v) is 2.18. The van der Waals surface area contributed by atoms with Crippen LogP contribution in [0.5, 0.6) is 0 Å². The molecule has 8 heteroatoms. The molecule has 2 amide bonds. The second-order valence-electron chi connectivity index (χ2n) is 7.50. The number of esters is 1. The molecule has 0 fully saturated rings. The number of hydrogen-bond acceptors (Lipinski definition) is 5.